The molecule has 1 saturated heterocycles. The number of nitrogens with zero attached hydrogens (tertiary/aromatic N) is 1. The van der Waals surface area contributed by atoms with E-state index in [4.69, 9.17) is 0 Å². The maximum Gasteiger partial charge on any atom is 0.406 e. The third-order valence-corrected chi connectivity index (χ3v) is 5.01. The Kier molecular flexibility index (Phi) is 3.61. The number of amides is 2. The van der Waals surface area contributed by atoms with E-state index < -0.39 is 24.7 Å². The van der Waals surface area contributed by atoms with Crippen molar-refractivity contribution in [2.75, 3.05) is 13.1 Å². The summed E-state index contributed by atoms with van der Waals surface area (Å²) in [6.07, 6.45) is -0.157. The van der Waals surface area contributed by atoms with Crippen LogP contribution in [0.5, 0.6) is 0 Å². The molecule has 7 heteroatoms. The molecule has 0 unspecified atom stereocenters. The molecule has 4 nitrogen and oxygen atoms in total. The Morgan fingerprint density at radius 3 is 2.62 bits per heavy atom. The zero-order chi connectivity index (χ0) is 15.2. The van der Waals surface area contributed by atoms with E-state index in [0.29, 0.717) is 11.8 Å². The van der Waals surface area contributed by atoms with Crippen LogP contribution in [0.2, 0.25) is 0 Å². The lowest BCUT2D eigenvalue weighted by Gasteiger charge is -2.23. The molecule has 4 atom stereocenters. The fourth-order valence-corrected chi connectivity index (χ4v) is 4.11. The third-order valence-electron chi connectivity index (χ3n) is 5.01. The van der Waals surface area contributed by atoms with Gasteiger partial charge in [-0.25, -0.2) is 0 Å². The van der Waals surface area contributed by atoms with Crippen LogP contribution in [0.1, 0.15) is 32.1 Å². The van der Waals surface area contributed by atoms with E-state index in [9.17, 15) is 22.8 Å². The zero-order valence-electron chi connectivity index (χ0n) is 11.7. The van der Waals surface area contributed by atoms with Crippen molar-refractivity contribution >= 4 is 11.8 Å². The highest BCUT2D eigenvalue weighted by Gasteiger charge is 2.44. The van der Waals surface area contributed by atoms with Gasteiger partial charge in [-0.2, -0.15) is 13.2 Å². The number of rotatable bonds is 3. The molecule has 3 aliphatic rings. The maximum atomic E-state index is 12.3. The standard InChI is InChI=1S/C14H19F3N2O2/c15-14(16,17)7-19-6-10(5-12(19)20)18-13(21)11-4-8-1-2-9(11)3-8/h8-11H,1-7H2,(H,18,21)/t8-,9-,10-,11+/m0/s1. The van der Waals surface area contributed by atoms with Crippen LogP contribution in [0.3, 0.4) is 0 Å². The number of hydrogen-bond acceptors (Lipinski definition) is 2. The van der Waals surface area contributed by atoms with Gasteiger partial charge in [0.25, 0.3) is 0 Å². The van der Waals surface area contributed by atoms with Gasteiger partial charge in [0.1, 0.15) is 6.54 Å². The summed E-state index contributed by atoms with van der Waals surface area (Å²) < 4.78 is 37.0. The zero-order valence-corrected chi connectivity index (χ0v) is 11.7. The molecule has 3 rings (SSSR count). The lowest BCUT2D eigenvalue weighted by molar-refractivity contribution is -0.157. The van der Waals surface area contributed by atoms with E-state index in [2.05, 4.69) is 5.32 Å². The summed E-state index contributed by atoms with van der Waals surface area (Å²) in [7, 11) is 0. The summed E-state index contributed by atoms with van der Waals surface area (Å²) in [5.74, 6) is 0.450. The predicted octanol–water partition coefficient (Wildman–Crippen LogP) is 1.70. The number of fused-ring (bicyclic) bond motifs is 2. The minimum atomic E-state index is -4.39. The second kappa shape index (κ2) is 5.18. The molecule has 2 bridgehead atoms. The topological polar surface area (TPSA) is 49.4 Å². The van der Waals surface area contributed by atoms with Crippen LogP contribution in [0.25, 0.3) is 0 Å². The monoisotopic (exact) mass is 304 g/mol. The molecule has 1 heterocycles. The van der Waals surface area contributed by atoms with Crippen molar-refractivity contribution in [2.24, 2.45) is 17.8 Å². The molecular formula is C14H19F3N2O2. The van der Waals surface area contributed by atoms with Crippen molar-refractivity contribution in [3.63, 3.8) is 0 Å². The minimum absolute atomic E-state index is 0.00415. The van der Waals surface area contributed by atoms with Gasteiger partial charge in [0.05, 0.1) is 6.04 Å². The summed E-state index contributed by atoms with van der Waals surface area (Å²) in [5, 5.41) is 2.78. The first-order valence-corrected chi connectivity index (χ1v) is 7.47. The first-order chi connectivity index (χ1) is 9.82. The van der Waals surface area contributed by atoms with Crippen LogP contribution in [0, 0.1) is 17.8 Å². The number of alkyl halides is 3. The first kappa shape index (κ1) is 14.7. The molecule has 118 valence electrons. The molecule has 1 aliphatic heterocycles. The second-order valence-corrected chi connectivity index (χ2v) is 6.58. The molecule has 2 aliphatic carbocycles. The van der Waals surface area contributed by atoms with Crippen molar-refractivity contribution < 1.29 is 22.8 Å². The summed E-state index contributed by atoms with van der Waals surface area (Å²) >= 11 is 0. The average Bonchev–Trinajstić information content (AvgIpc) is 3.04. The molecule has 3 fully saturated rings. The van der Waals surface area contributed by atoms with Crippen molar-refractivity contribution in [3.05, 3.63) is 0 Å². The van der Waals surface area contributed by atoms with E-state index in [1.807, 2.05) is 0 Å². The van der Waals surface area contributed by atoms with E-state index in [1.165, 1.54) is 6.42 Å². The molecular weight excluding hydrogens is 285 g/mol. The van der Waals surface area contributed by atoms with Gasteiger partial charge >= 0.3 is 6.18 Å². The fourth-order valence-electron chi connectivity index (χ4n) is 4.11. The largest absolute Gasteiger partial charge is 0.406 e. The highest BCUT2D eigenvalue weighted by atomic mass is 19.4. The van der Waals surface area contributed by atoms with Crippen molar-refractivity contribution in [1.82, 2.24) is 10.2 Å². The SMILES string of the molecule is O=C(N[C@H]1CC(=O)N(CC(F)(F)F)C1)[C@@H]1C[C@H]2CC[C@H]1C2. The van der Waals surface area contributed by atoms with Gasteiger partial charge in [0.15, 0.2) is 0 Å². The van der Waals surface area contributed by atoms with Crippen molar-refractivity contribution in [1.29, 1.82) is 0 Å². The van der Waals surface area contributed by atoms with Crippen LogP contribution in [-0.2, 0) is 9.59 Å². The van der Waals surface area contributed by atoms with Crippen LogP contribution < -0.4 is 5.32 Å². The Balaban J connectivity index is 1.52. The number of nitrogens with one attached hydrogen (secondary N) is 1. The minimum Gasteiger partial charge on any atom is -0.351 e. The van der Waals surface area contributed by atoms with Gasteiger partial charge < -0.3 is 10.2 Å². The molecule has 0 aromatic carbocycles. The predicted molar refractivity (Wildman–Crippen MR) is 68.1 cm³/mol. The van der Waals surface area contributed by atoms with Gasteiger partial charge in [-0.3, -0.25) is 9.59 Å². The summed E-state index contributed by atoms with van der Waals surface area (Å²) in [6.45, 7) is -1.27. The van der Waals surface area contributed by atoms with Crippen LogP contribution in [0.4, 0.5) is 13.2 Å². The molecule has 21 heavy (non-hydrogen) atoms. The Morgan fingerprint density at radius 2 is 2.05 bits per heavy atom. The van der Waals surface area contributed by atoms with Gasteiger partial charge in [-0.05, 0) is 31.1 Å². The van der Waals surface area contributed by atoms with Crippen molar-refractivity contribution in [3.8, 4) is 0 Å². The lowest BCUT2D eigenvalue weighted by Crippen LogP contribution is -2.43. The van der Waals surface area contributed by atoms with Gasteiger partial charge in [-0.15, -0.1) is 0 Å². The van der Waals surface area contributed by atoms with Crippen LogP contribution >= 0.6 is 0 Å². The Hall–Kier alpha value is -1.27. The summed E-state index contributed by atoms with van der Waals surface area (Å²) in [4.78, 5) is 24.6. The lowest BCUT2D eigenvalue weighted by atomic mass is 9.88. The van der Waals surface area contributed by atoms with E-state index in [1.54, 1.807) is 0 Å². The van der Waals surface area contributed by atoms with Crippen LogP contribution in [-0.4, -0.2) is 42.0 Å². The fraction of sp³-hybridized carbons (Fsp3) is 0.857. The van der Waals surface area contributed by atoms with E-state index >= 15 is 0 Å². The van der Waals surface area contributed by atoms with Crippen molar-refractivity contribution in [2.45, 2.75) is 44.3 Å². The van der Waals surface area contributed by atoms with E-state index in [0.717, 1.165) is 24.2 Å². The average molecular weight is 304 g/mol. The molecule has 0 aromatic rings. The van der Waals surface area contributed by atoms with E-state index in [-0.39, 0.29) is 24.8 Å². The van der Waals surface area contributed by atoms with Crippen LogP contribution in [0.15, 0.2) is 0 Å². The normalized spacial score (nSPS) is 35.6. The molecule has 0 radical (unpaired) electrons. The number of hydrogen-bond donors (Lipinski definition) is 1. The first-order valence-electron chi connectivity index (χ1n) is 7.47. The highest BCUT2D eigenvalue weighted by molar-refractivity contribution is 5.83. The molecule has 1 N–H and O–H groups in total. The number of likely N-dealkylation sites (tertiary alicyclic amines) is 1. The summed E-state index contributed by atoms with van der Waals surface area (Å²) in [5.41, 5.74) is 0. The quantitative estimate of drug-likeness (QED) is 0.863. The molecule has 0 spiro atoms. The highest BCUT2D eigenvalue weighted by Crippen LogP contribution is 2.48. The number of carbonyl (C=O) groups excluding carboxylic acids is 2. The second-order valence-electron chi connectivity index (χ2n) is 6.58. The Morgan fingerprint density at radius 1 is 1.29 bits per heavy atom. The van der Waals surface area contributed by atoms with Gasteiger partial charge in [0, 0.05) is 18.9 Å². The smallest absolute Gasteiger partial charge is 0.351 e. The third kappa shape index (κ3) is 3.16. The van der Waals surface area contributed by atoms with Gasteiger partial charge in [-0.1, -0.05) is 6.42 Å². The Labute approximate surface area is 121 Å². The Bertz CT molecular complexity index is 452. The summed E-state index contributed by atoms with van der Waals surface area (Å²) in [6, 6.07) is -0.480. The maximum absolute atomic E-state index is 12.3. The molecule has 2 saturated carbocycles. The molecule has 2 amide bonds. The number of halogens is 3. The molecule has 0 aromatic heterocycles. The van der Waals surface area contributed by atoms with Gasteiger partial charge in [0.2, 0.25) is 11.8 Å². The number of carbonyl (C=O) groups is 2.